The summed E-state index contributed by atoms with van der Waals surface area (Å²) < 4.78 is 5.39. The summed E-state index contributed by atoms with van der Waals surface area (Å²) in [7, 11) is 0. The Morgan fingerprint density at radius 3 is 2.39 bits per heavy atom. The number of hydrogen-bond acceptors (Lipinski definition) is 6. The Hall–Kier alpha value is -3.26. The average molecular weight is 465 g/mol. The molecule has 0 bridgehead atoms. The lowest BCUT2D eigenvalue weighted by Gasteiger charge is -2.39. The van der Waals surface area contributed by atoms with E-state index in [1.807, 2.05) is 52.1 Å². The number of aryl methyl sites for hydroxylation is 2. The minimum Gasteiger partial charge on any atom is -0.444 e. The van der Waals surface area contributed by atoms with Crippen molar-refractivity contribution in [2.75, 3.05) is 11.9 Å². The lowest BCUT2D eigenvalue weighted by molar-refractivity contribution is -0.125. The van der Waals surface area contributed by atoms with Crippen molar-refractivity contribution in [1.29, 1.82) is 0 Å². The summed E-state index contributed by atoms with van der Waals surface area (Å²) in [4.78, 5) is 35.5. The first-order valence-corrected chi connectivity index (χ1v) is 11.8. The minimum absolute atomic E-state index is 0.246. The van der Waals surface area contributed by atoms with Crippen LogP contribution < -0.4 is 5.32 Å². The number of pyridine rings is 1. The molecule has 1 aliphatic rings. The molecule has 7 nitrogen and oxygen atoms in total. The second kappa shape index (κ2) is 8.94. The summed E-state index contributed by atoms with van der Waals surface area (Å²) in [5.41, 5.74) is 5.31. The Balaban J connectivity index is 1.45. The number of carbonyl (C=O) groups is 2. The molecule has 2 amide bonds. The first kappa shape index (κ1) is 22.9. The molecule has 4 rings (SSSR count). The Morgan fingerprint density at radius 2 is 1.76 bits per heavy atom. The second-order valence-electron chi connectivity index (χ2n) is 9.22. The van der Waals surface area contributed by atoms with Crippen LogP contribution in [0, 0.1) is 13.8 Å². The molecule has 0 saturated carbocycles. The SMILES string of the molecule is Cc1cc(-c2cccc(-c3csc(NC(=O)C4CCN4C(=O)OC(C)(C)C)n3)c2)cc(C)n1. The first-order chi connectivity index (χ1) is 15.6. The van der Waals surface area contributed by atoms with E-state index in [-0.39, 0.29) is 5.91 Å². The number of nitrogens with one attached hydrogen (secondary N) is 1. The summed E-state index contributed by atoms with van der Waals surface area (Å²) in [5.74, 6) is -0.246. The molecule has 8 heteroatoms. The zero-order valence-corrected chi connectivity index (χ0v) is 20.3. The molecule has 1 N–H and O–H groups in total. The maximum atomic E-state index is 12.7. The van der Waals surface area contributed by atoms with Gasteiger partial charge in [-0.2, -0.15) is 0 Å². The number of hydrogen-bond donors (Lipinski definition) is 1. The van der Waals surface area contributed by atoms with Crippen molar-refractivity contribution in [3.05, 3.63) is 53.2 Å². The molecule has 0 aliphatic carbocycles. The number of carbonyl (C=O) groups excluding carboxylic acids is 2. The molecule has 1 unspecified atom stereocenters. The number of aromatic nitrogens is 2. The molecular formula is C25H28N4O3S. The quantitative estimate of drug-likeness (QED) is 0.556. The van der Waals surface area contributed by atoms with E-state index in [1.54, 1.807) is 0 Å². The molecule has 0 spiro atoms. The van der Waals surface area contributed by atoms with E-state index in [1.165, 1.54) is 16.2 Å². The molecule has 172 valence electrons. The van der Waals surface area contributed by atoms with Gasteiger partial charge in [-0.05, 0) is 70.4 Å². The number of benzene rings is 1. The van der Waals surface area contributed by atoms with Crippen molar-refractivity contribution < 1.29 is 14.3 Å². The number of anilines is 1. The van der Waals surface area contributed by atoms with Crippen LogP contribution in [0.3, 0.4) is 0 Å². The van der Waals surface area contributed by atoms with Gasteiger partial charge in [-0.25, -0.2) is 9.78 Å². The van der Waals surface area contributed by atoms with Crippen LogP contribution in [0.2, 0.25) is 0 Å². The van der Waals surface area contributed by atoms with Gasteiger partial charge in [-0.1, -0.05) is 18.2 Å². The van der Waals surface area contributed by atoms with Crippen LogP contribution in [0.15, 0.2) is 41.8 Å². The van der Waals surface area contributed by atoms with Crippen LogP contribution in [0.25, 0.3) is 22.4 Å². The molecule has 0 radical (unpaired) electrons. The Kier molecular flexibility index (Phi) is 6.21. The molecule has 3 heterocycles. The smallest absolute Gasteiger partial charge is 0.410 e. The van der Waals surface area contributed by atoms with Crippen LogP contribution in [0.1, 0.15) is 38.6 Å². The zero-order chi connectivity index (χ0) is 23.8. The number of nitrogens with zero attached hydrogens (tertiary/aromatic N) is 3. The maximum Gasteiger partial charge on any atom is 0.410 e. The van der Waals surface area contributed by atoms with Gasteiger partial charge in [-0.15, -0.1) is 11.3 Å². The third kappa shape index (κ3) is 5.39. The fraction of sp³-hybridized carbons (Fsp3) is 0.360. The van der Waals surface area contributed by atoms with E-state index in [2.05, 4.69) is 39.6 Å². The van der Waals surface area contributed by atoms with E-state index >= 15 is 0 Å². The largest absolute Gasteiger partial charge is 0.444 e. The first-order valence-electron chi connectivity index (χ1n) is 10.9. The molecule has 1 aliphatic heterocycles. The van der Waals surface area contributed by atoms with E-state index in [4.69, 9.17) is 4.74 Å². The normalized spacial score (nSPS) is 15.7. The molecule has 2 aromatic heterocycles. The molecular weight excluding hydrogens is 436 g/mol. The highest BCUT2D eigenvalue weighted by molar-refractivity contribution is 7.14. The Labute approximate surface area is 197 Å². The number of amides is 2. The lowest BCUT2D eigenvalue weighted by Crippen LogP contribution is -2.57. The summed E-state index contributed by atoms with van der Waals surface area (Å²) in [6.07, 6.45) is 0.142. The predicted molar refractivity (Wildman–Crippen MR) is 130 cm³/mol. The molecule has 1 atom stereocenters. The number of ether oxygens (including phenoxy) is 1. The van der Waals surface area contributed by atoms with E-state index in [0.29, 0.717) is 18.1 Å². The minimum atomic E-state index is -0.597. The third-order valence-electron chi connectivity index (χ3n) is 5.26. The molecule has 3 aromatic rings. The highest BCUT2D eigenvalue weighted by Gasteiger charge is 2.40. The maximum absolute atomic E-state index is 12.7. The van der Waals surface area contributed by atoms with Gasteiger partial charge in [0, 0.05) is 28.9 Å². The molecule has 1 aromatic carbocycles. The van der Waals surface area contributed by atoms with Crippen LogP contribution in [-0.4, -0.2) is 45.1 Å². The molecule has 1 fully saturated rings. The van der Waals surface area contributed by atoms with Gasteiger partial charge in [0.05, 0.1) is 5.69 Å². The molecule has 33 heavy (non-hydrogen) atoms. The zero-order valence-electron chi connectivity index (χ0n) is 19.5. The van der Waals surface area contributed by atoms with Crippen LogP contribution in [0.5, 0.6) is 0 Å². The fourth-order valence-corrected chi connectivity index (χ4v) is 4.43. The highest BCUT2D eigenvalue weighted by atomic mass is 32.1. The van der Waals surface area contributed by atoms with Crippen LogP contribution in [0.4, 0.5) is 9.93 Å². The van der Waals surface area contributed by atoms with Gasteiger partial charge in [-0.3, -0.25) is 14.7 Å². The van der Waals surface area contributed by atoms with Crippen molar-refractivity contribution >= 4 is 28.5 Å². The average Bonchev–Trinajstić information content (AvgIpc) is 3.13. The number of thiazole rings is 1. The van der Waals surface area contributed by atoms with Crippen molar-refractivity contribution in [3.8, 4) is 22.4 Å². The third-order valence-corrected chi connectivity index (χ3v) is 6.02. The van der Waals surface area contributed by atoms with Gasteiger partial charge in [0.2, 0.25) is 5.91 Å². The predicted octanol–water partition coefficient (Wildman–Crippen LogP) is 5.44. The Bertz CT molecular complexity index is 1180. The van der Waals surface area contributed by atoms with Gasteiger partial charge < -0.3 is 10.1 Å². The monoisotopic (exact) mass is 464 g/mol. The van der Waals surface area contributed by atoms with Crippen molar-refractivity contribution in [2.45, 2.75) is 52.7 Å². The van der Waals surface area contributed by atoms with Gasteiger partial charge in [0.15, 0.2) is 5.13 Å². The summed E-state index contributed by atoms with van der Waals surface area (Å²) in [5, 5.41) is 5.28. The fourth-order valence-electron chi connectivity index (χ4n) is 3.71. The van der Waals surface area contributed by atoms with Crippen LogP contribution in [-0.2, 0) is 9.53 Å². The van der Waals surface area contributed by atoms with Crippen molar-refractivity contribution in [3.63, 3.8) is 0 Å². The lowest BCUT2D eigenvalue weighted by atomic mass is 10.0. The van der Waals surface area contributed by atoms with Gasteiger partial charge in [0.25, 0.3) is 0 Å². The van der Waals surface area contributed by atoms with E-state index in [9.17, 15) is 9.59 Å². The van der Waals surface area contributed by atoms with Crippen molar-refractivity contribution in [1.82, 2.24) is 14.9 Å². The topological polar surface area (TPSA) is 84.4 Å². The number of rotatable bonds is 4. The summed E-state index contributed by atoms with van der Waals surface area (Å²) in [6.45, 7) is 9.91. The Morgan fingerprint density at radius 1 is 1.06 bits per heavy atom. The van der Waals surface area contributed by atoms with Crippen LogP contribution >= 0.6 is 11.3 Å². The number of likely N-dealkylation sites (tertiary alicyclic amines) is 1. The summed E-state index contributed by atoms with van der Waals surface area (Å²) >= 11 is 1.36. The highest BCUT2D eigenvalue weighted by Crippen LogP contribution is 2.30. The second-order valence-corrected chi connectivity index (χ2v) is 10.1. The molecule has 1 saturated heterocycles. The van der Waals surface area contributed by atoms with E-state index < -0.39 is 17.7 Å². The van der Waals surface area contributed by atoms with Gasteiger partial charge >= 0.3 is 6.09 Å². The van der Waals surface area contributed by atoms with E-state index in [0.717, 1.165) is 33.8 Å². The van der Waals surface area contributed by atoms with Gasteiger partial charge in [0.1, 0.15) is 11.6 Å². The standard InChI is InChI=1S/C25H28N4O3S/c1-15-11-19(12-16(2)26-15)17-7-6-8-18(13-17)20-14-33-23(27-20)28-22(30)21-9-10-29(21)24(31)32-25(3,4)5/h6-8,11-14,21H,9-10H2,1-5H3,(H,27,28,30). The summed E-state index contributed by atoms with van der Waals surface area (Å²) in [6, 6.07) is 11.7. The van der Waals surface area contributed by atoms with Crippen molar-refractivity contribution in [2.24, 2.45) is 0 Å².